The van der Waals surface area contributed by atoms with Crippen molar-refractivity contribution in [2.45, 2.75) is 12.5 Å². The number of hydrogen-bond acceptors (Lipinski definition) is 6. The number of hydrogen-bond donors (Lipinski definition) is 1. The smallest absolute Gasteiger partial charge is 0.549 e. The molecule has 0 aromatic carbocycles. The molecule has 0 aliphatic heterocycles. The molecule has 0 saturated heterocycles. The van der Waals surface area contributed by atoms with E-state index < -0.39 is 35.7 Å². The summed E-state index contributed by atoms with van der Waals surface area (Å²) >= 11 is 0. The second-order valence-electron chi connectivity index (χ2n) is 3.42. The number of aliphatic hydroxyl groups excluding tert-OH is 1. The first-order chi connectivity index (χ1) is 7.37. The largest absolute Gasteiger partial charge is 2.00 e. The Morgan fingerprint density at radius 1 is 1.18 bits per heavy atom. The van der Waals surface area contributed by atoms with Gasteiger partial charge in [0, 0.05) is 6.42 Å². The molecule has 17 heavy (non-hydrogen) atoms. The van der Waals surface area contributed by atoms with Crippen molar-refractivity contribution in [1.82, 2.24) is 0 Å². The van der Waals surface area contributed by atoms with Crippen LogP contribution < -0.4 is 10.2 Å². The average Bonchev–Trinajstić information content (AvgIpc) is 2.21. The summed E-state index contributed by atoms with van der Waals surface area (Å²) in [6.07, 6.45) is 2.60. The van der Waals surface area contributed by atoms with Crippen molar-refractivity contribution in [2.24, 2.45) is 5.41 Å². The van der Waals surface area contributed by atoms with E-state index in [9.17, 15) is 24.6 Å². The predicted molar refractivity (Wildman–Crippen MR) is 52.1 cm³/mol. The molecular formula is C10H8BaO6. The zero-order valence-electron chi connectivity index (χ0n) is 8.79. The van der Waals surface area contributed by atoms with Crippen molar-refractivity contribution in [2.75, 3.05) is 0 Å². The van der Waals surface area contributed by atoms with Crippen LogP contribution in [0.3, 0.4) is 0 Å². The van der Waals surface area contributed by atoms with E-state index in [4.69, 9.17) is 5.11 Å². The van der Waals surface area contributed by atoms with Crippen molar-refractivity contribution in [1.29, 1.82) is 0 Å². The van der Waals surface area contributed by atoms with Gasteiger partial charge in [-0.15, -0.1) is 0 Å². The summed E-state index contributed by atoms with van der Waals surface area (Å²) in [6, 6.07) is 0. The van der Waals surface area contributed by atoms with Gasteiger partial charge in [-0.1, -0.05) is 24.3 Å². The van der Waals surface area contributed by atoms with E-state index in [1.807, 2.05) is 0 Å². The van der Waals surface area contributed by atoms with Crippen LogP contribution in [0.5, 0.6) is 0 Å². The Hall–Kier alpha value is -0.379. The zero-order valence-corrected chi connectivity index (χ0v) is 13.2. The Morgan fingerprint density at radius 2 is 1.65 bits per heavy atom. The monoisotopic (exact) mass is 362 g/mol. The normalized spacial score (nSPS) is 26.1. The maximum atomic E-state index is 10.9. The summed E-state index contributed by atoms with van der Waals surface area (Å²) in [5, 5.41) is 30.2. The molecule has 0 unspecified atom stereocenters. The van der Waals surface area contributed by atoms with Gasteiger partial charge in [0.15, 0.2) is 5.78 Å². The first-order valence-electron chi connectivity index (χ1n) is 4.40. The van der Waals surface area contributed by atoms with Gasteiger partial charge in [-0.05, 0) is 0 Å². The molecule has 6 nitrogen and oxygen atoms in total. The standard InChI is InChI=1S/C10H10O6.Ba/c11-6-1-3-10(4-2-6,9(15)16)5-7(12)8(13)14;/h1-4,6,11H,5H2,(H,13,14)(H,15,16);/q;+2/p-2. The average molecular weight is 361 g/mol. The minimum absolute atomic E-state index is 0. The number of rotatable bonds is 4. The summed E-state index contributed by atoms with van der Waals surface area (Å²) in [5.41, 5.74) is -1.82. The Kier molecular flexibility index (Phi) is 6.38. The molecule has 0 spiro atoms. The first-order valence-corrected chi connectivity index (χ1v) is 4.40. The second-order valence-corrected chi connectivity index (χ2v) is 3.42. The van der Waals surface area contributed by atoms with Crippen LogP contribution in [-0.4, -0.2) is 77.8 Å². The molecule has 1 aliphatic rings. The third-order valence-electron chi connectivity index (χ3n) is 2.24. The molecule has 1 aliphatic carbocycles. The van der Waals surface area contributed by atoms with Crippen LogP contribution in [0.15, 0.2) is 24.3 Å². The molecule has 1 rings (SSSR count). The number of carbonyl (C=O) groups is 3. The third-order valence-corrected chi connectivity index (χ3v) is 2.24. The van der Waals surface area contributed by atoms with Crippen LogP contribution in [-0.2, 0) is 14.4 Å². The van der Waals surface area contributed by atoms with Gasteiger partial charge in [-0.2, -0.15) is 0 Å². The Labute approximate surface area is 137 Å². The number of carbonyl (C=O) groups excluding carboxylic acids is 3. The maximum Gasteiger partial charge on any atom is 2.00 e. The molecule has 0 amide bonds. The third kappa shape index (κ3) is 4.09. The molecule has 0 aromatic rings. The quantitative estimate of drug-likeness (QED) is 0.316. The van der Waals surface area contributed by atoms with Gasteiger partial charge in [0.2, 0.25) is 0 Å². The van der Waals surface area contributed by atoms with Crippen LogP contribution >= 0.6 is 0 Å². The summed E-state index contributed by atoms with van der Waals surface area (Å²) in [4.78, 5) is 32.0. The molecular weight excluding hydrogens is 353 g/mol. The molecule has 1 N–H and O–H groups in total. The topological polar surface area (TPSA) is 118 Å². The van der Waals surface area contributed by atoms with E-state index in [0.29, 0.717) is 0 Å². The van der Waals surface area contributed by atoms with Crippen molar-refractivity contribution in [3.63, 3.8) is 0 Å². The van der Waals surface area contributed by atoms with Gasteiger partial charge in [-0.25, -0.2) is 0 Å². The van der Waals surface area contributed by atoms with Gasteiger partial charge in [0.25, 0.3) is 0 Å². The molecule has 0 atom stereocenters. The number of carboxylic acid groups (broad SMARTS) is 2. The van der Waals surface area contributed by atoms with Crippen LogP contribution in [0.2, 0.25) is 0 Å². The number of aliphatic carboxylic acids is 2. The molecule has 7 heteroatoms. The van der Waals surface area contributed by atoms with E-state index in [1.165, 1.54) is 0 Å². The van der Waals surface area contributed by atoms with Crippen molar-refractivity contribution >= 4 is 66.6 Å². The molecule has 0 aromatic heterocycles. The zero-order chi connectivity index (χ0) is 12.3. The van der Waals surface area contributed by atoms with Crippen LogP contribution in [0, 0.1) is 5.41 Å². The Bertz CT molecular complexity index is 384. The predicted octanol–water partition coefficient (Wildman–Crippen LogP) is -3.46. The number of carboxylic acids is 2. The Balaban J connectivity index is 0.00000256. The van der Waals surface area contributed by atoms with Crippen LogP contribution in [0.1, 0.15) is 6.42 Å². The van der Waals surface area contributed by atoms with Gasteiger partial charge in [0.1, 0.15) is 5.97 Å². The maximum absolute atomic E-state index is 10.9. The number of ketones is 1. The van der Waals surface area contributed by atoms with E-state index in [1.54, 1.807) is 0 Å². The number of Topliss-reactive ketones (excluding diaryl/α,β-unsaturated/α-hetero) is 1. The number of aliphatic hydroxyl groups is 1. The van der Waals surface area contributed by atoms with Gasteiger partial charge in [0.05, 0.1) is 17.5 Å². The van der Waals surface area contributed by atoms with Crippen LogP contribution in [0.25, 0.3) is 0 Å². The fraction of sp³-hybridized carbons (Fsp3) is 0.300. The van der Waals surface area contributed by atoms with Gasteiger partial charge in [-0.3, -0.25) is 4.79 Å². The second kappa shape index (κ2) is 6.53. The van der Waals surface area contributed by atoms with E-state index in [2.05, 4.69) is 0 Å². The minimum Gasteiger partial charge on any atom is -0.549 e. The van der Waals surface area contributed by atoms with Crippen molar-refractivity contribution in [3.8, 4) is 0 Å². The molecule has 0 radical (unpaired) electrons. The van der Waals surface area contributed by atoms with Crippen molar-refractivity contribution in [3.05, 3.63) is 24.3 Å². The van der Waals surface area contributed by atoms with E-state index in [0.717, 1.165) is 24.3 Å². The van der Waals surface area contributed by atoms with Gasteiger partial charge >= 0.3 is 48.9 Å². The fourth-order valence-corrected chi connectivity index (χ4v) is 1.32. The summed E-state index contributed by atoms with van der Waals surface area (Å²) < 4.78 is 0. The van der Waals surface area contributed by atoms with E-state index in [-0.39, 0.29) is 48.9 Å². The Morgan fingerprint density at radius 3 is 2.00 bits per heavy atom. The first kappa shape index (κ1) is 16.6. The molecule has 0 heterocycles. The fourth-order valence-electron chi connectivity index (χ4n) is 1.32. The van der Waals surface area contributed by atoms with E-state index >= 15 is 0 Å². The summed E-state index contributed by atoms with van der Waals surface area (Å²) in [5.74, 6) is -4.90. The van der Waals surface area contributed by atoms with Crippen LogP contribution in [0.4, 0.5) is 0 Å². The molecule has 0 saturated carbocycles. The molecule has 0 fully saturated rings. The molecule has 0 bridgehead atoms. The summed E-state index contributed by atoms with van der Waals surface area (Å²) in [6.45, 7) is 0. The summed E-state index contributed by atoms with van der Waals surface area (Å²) in [7, 11) is 0. The van der Waals surface area contributed by atoms with Crippen molar-refractivity contribution < 1.29 is 29.7 Å². The SMILES string of the molecule is O=C([O-])C(=O)CC1(C(=O)[O-])C=CC(O)C=C1.[Ba+2]. The molecule has 86 valence electrons. The van der Waals surface area contributed by atoms with Gasteiger partial charge < -0.3 is 24.9 Å². The minimum atomic E-state index is -1.95.